The zero-order valence-corrected chi connectivity index (χ0v) is 24.1. The number of ketones is 1. The number of rotatable bonds is 10. The maximum Gasteiger partial charge on any atom is 0.460 e. The van der Waals surface area contributed by atoms with E-state index in [1.165, 1.54) is 59.2 Å². The Bertz CT molecular complexity index is 1900. The molecule has 0 aliphatic rings. The first-order valence-corrected chi connectivity index (χ1v) is 14.7. The molecule has 3 aromatic carbocycles. The molecule has 1 amide bonds. The number of hydrogen-bond acceptors (Lipinski definition) is 6. The van der Waals surface area contributed by atoms with Gasteiger partial charge in [-0.2, -0.15) is 31.0 Å². The molecular weight excluding hydrogens is 630 g/mol. The van der Waals surface area contributed by atoms with Crippen molar-refractivity contribution in [3.63, 3.8) is 0 Å². The molecule has 0 aliphatic heterocycles. The van der Waals surface area contributed by atoms with Gasteiger partial charge >= 0.3 is 29.7 Å². The molecule has 45 heavy (non-hydrogen) atoms. The summed E-state index contributed by atoms with van der Waals surface area (Å²) >= 11 is 0. The fourth-order valence-corrected chi connectivity index (χ4v) is 5.61. The molecule has 0 saturated heterocycles. The first-order chi connectivity index (χ1) is 21.0. The second kappa shape index (κ2) is 12.7. The molecule has 0 atom stereocenters. The lowest BCUT2D eigenvalue weighted by atomic mass is 10.0. The number of para-hydroxylation sites is 1. The van der Waals surface area contributed by atoms with Gasteiger partial charge in [0.25, 0.3) is 10.0 Å². The molecule has 0 fully saturated rings. The van der Waals surface area contributed by atoms with Crippen LogP contribution in [-0.4, -0.2) is 40.6 Å². The molecule has 4 rings (SSSR count). The van der Waals surface area contributed by atoms with Crippen molar-refractivity contribution in [1.29, 1.82) is 0 Å². The number of hydrogen-bond donors (Lipinski definition) is 1. The highest BCUT2D eigenvalue weighted by Gasteiger charge is 2.45. The number of sulfonamides is 1. The molecule has 0 aliphatic carbocycles. The third kappa shape index (κ3) is 7.33. The minimum atomic E-state index is -5.58. The Morgan fingerprint density at radius 3 is 2.13 bits per heavy atom. The van der Waals surface area contributed by atoms with E-state index in [0.29, 0.717) is 23.1 Å². The van der Waals surface area contributed by atoms with Crippen LogP contribution in [0.1, 0.15) is 36.7 Å². The van der Waals surface area contributed by atoms with Crippen molar-refractivity contribution < 1.29 is 44.3 Å². The van der Waals surface area contributed by atoms with Crippen molar-refractivity contribution in [2.75, 3.05) is 0 Å². The van der Waals surface area contributed by atoms with Gasteiger partial charge in [-0.3, -0.25) is 14.2 Å². The second-order valence-corrected chi connectivity index (χ2v) is 11.4. The molecule has 0 bridgehead atoms. The molecule has 0 spiro atoms. The summed E-state index contributed by atoms with van der Waals surface area (Å²) < 4.78 is 107. The summed E-state index contributed by atoms with van der Waals surface area (Å²) in [5.41, 5.74) is -1.53. The number of benzene rings is 3. The van der Waals surface area contributed by atoms with Gasteiger partial charge < -0.3 is 0 Å². The van der Waals surface area contributed by atoms with Crippen LogP contribution >= 0.6 is 0 Å². The van der Waals surface area contributed by atoms with Crippen molar-refractivity contribution in [3.8, 4) is 16.8 Å². The van der Waals surface area contributed by atoms with E-state index < -0.39 is 55.9 Å². The van der Waals surface area contributed by atoms with E-state index in [9.17, 15) is 49.1 Å². The van der Waals surface area contributed by atoms with Gasteiger partial charge in [0, 0.05) is 12.0 Å². The molecule has 1 aromatic heterocycles. The summed E-state index contributed by atoms with van der Waals surface area (Å²) in [6, 6.07) is 15.6. The van der Waals surface area contributed by atoms with E-state index in [1.807, 2.05) is 6.92 Å². The SMILES string of the molecule is CCCCc1nn(-c2ccccc2C(F)(F)F)c(=O)n1Cc1ccc(-c2ccccc2S(=O)(=O)NC(=O)C(=O)C(F)(F)F)cc1. The number of carbonyl (C=O) groups excluding carboxylic acids is 2. The van der Waals surface area contributed by atoms with Crippen LogP contribution < -0.4 is 10.4 Å². The van der Waals surface area contributed by atoms with Gasteiger partial charge in [0.2, 0.25) is 0 Å². The lowest BCUT2D eigenvalue weighted by molar-refractivity contribution is -0.174. The van der Waals surface area contributed by atoms with Crippen molar-refractivity contribution in [3.05, 3.63) is 100 Å². The predicted octanol–water partition coefficient (Wildman–Crippen LogP) is 5.05. The molecule has 1 N–H and O–H groups in total. The lowest BCUT2D eigenvalue weighted by Crippen LogP contribution is -2.42. The molecule has 9 nitrogen and oxygen atoms in total. The molecule has 1 heterocycles. The number of amides is 1. The Morgan fingerprint density at radius 2 is 1.51 bits per heavy atom. The number of aryl methyl sites for hydroxylation is 1. The summed E-state index contributed by atoms with van der Waals surface area (Å²) in [6.07, 6.45) is -8.68. The number of nitrogens with zero attached hydrogens (tertiary/aromatic N) is 3. The third-order valence-electron chi connectivity index (χ3n) is 6.60. The van der Waals surface area contributed by atoms with Gasteiger partial charge in [-0.15, -0.1) is 5.10 Å². The van der Waals surface area contributed by atoms with Gasteiger partial charge in [-0.1, -0.05) is 67.9 Å². The fraction of sp³-hybridized carbons (Fsp3) is 0.241. The minimum absolute atomic E-state index is 0.0128. The summed E-state index contributed by atoms with van der Waals surface area (Å²) in [5.74, 6) is -4.99. The average molecular weight is 655 g/mol. The van der Waals surface area contributed by atoms with Crippen LogP contribution in [-0.2, 0) is 38.8 Å². The predicted molar refractivity (Wildman–Crippen MR) is 149 cm³/mol. The van der Waals surface area contributed by atoms with Crippen LogP contribution in [0.5, 0.6) is 0 Å². The molecule has 0 unspecified atom stereocenters. The molecular formula is C29H24F6N4O5S. The van der Waals surface area contributed by atoms with E-state index in [4.69, 9.17) is 0 Å². The van der Waals surface area contributed by atoms with E-state index in [1.54, 1.807) is 0 Å². The van der Waals surface area contributed by atoms with Gasteiger partial charge in [0.1, 0.15) is 5.82 Å². The number of Topliss-reactive ketones (excluding diaryl/α,β-unsaturated/α-hetero) is 1. The number of aromatic nitrogens is 3. The normalized spacial score (nSPS) is 12.2. The lowest BCUT2D eigenvalue weighted by Gasteiger charge is -2.13. The highest BCUT2D eigenvalue weighted by atomic mass is 32.2. The van der Waals surface area contributed by atoms with E-state index in [-0.39, 0.29) is 23.5 Å². The molecule has 16 heteroatoms. The quantitative estimate of drug-likeness (QED) is 0.189. The van der Waals surface area contributed by atoms with Crippen LogP contribution in [0.4, 0.5) is 26.3 Å². The molecule has 0 saturated carbocycles. The topological polar surface area (TPSA) is 120 Å². The first kappa shape index (κ1) is 33.2. The van der Waals surface area contributed by atoms with Crippen molar-refractivity contribution >= 4 is 21.7 Å². The van der Waals surface area contributed by atoms with Crippen LogP contribution in [0.25, 0.3) is 16.8 Å². The van der Waals surface area contributed by atoms with E-state index >= 15 is 0 Å². The van der Waals surface area contributed by atoms with Gasteiger partial charge in [0.15, 0.2) is 0 Å². The molecule has 4 aromatic rings. The Morgan fingerprint density at radius 1 is 0.889 bits per heavy atom. The summed E-state index contributed by atoms with van der Waals surface area (Å²) in [4.78, 5) is 35.7. The van der Waals surface area contributed by atoms with Gasteiger partial charge in [-0.25, -0.2) is 17.9 Å². The average Bonchev–Trinajstić information content (AvgIpc) is 3.29. The van der Waals surface area contributed by atoms with Crippen LogP contribution in [0, 0.1) is 0 Å². The van der Waals surface area contributed by atoms with Crippen LogP contribution in [0.3, 0.4) is 0 Å². The smallest absolute Gasteiger partial charge is 0.278 e. The van der Waals surface area contributed by atoms with Crippen molar-refractivity contribution in [2.24, 2.45) is 0 Å². The molecule has 0 radical (unpaired) electrons. The number of unbranched alkanes of at least 4 members (excludes halogenated alkanes) is 1. The monoisotopic (exact) mass is 654 g/mol. The van der Waals surface area contributed by atoms with E-state index in [0.717, 1.165) is 29.3 Å². The number of carbonyl (C=O) groups is 2. The third-order valence-corrected chi connectivity index (χ3v) is 7.99. The zero-order valence-electron chi connectivity index (χ0n) is 23.3. The summed E-state index contributed by atoms with van der Waals surface area (Å²) in [7, 11) is -4.92. The van der Waals surface area contributed by atoms with E-state index in [2.05, 4.69) is 5.10 Å². The Balaban J connectivity index is 1.67. The summed E-state index contributed by atoms with van der Waals surface area (Å²) in [6.45, 7) is 1.80. The first-order valence-electron chi connectivity index (χ1n) is 13.3. The second-order valence-electron chi connectivity index (χ2n) is 9.77. The standard InChI is InChI=1S/C29H24F6N4O5S/c1-2-3-12-24-36-39(22-10-6-5-9-21(22)28(30,31)32)27(42)38(24)17-18-13-15-19(16-14-18)20-8-4-7-11-23(20)45(43,44)37-26(41)25(40)29(33,34)35/h4-11,13-16H,2-3,12,17H2,1H3,(H,37,41). The Kier molecular flexibility index (Phi) is 9.37. The largest absolute Gasteiger partial charge is 0.460 e. The van der Waals surface area contributed by atoms with Gasteiger partial charge in [-0.05, 0) is 35.7 Å². The van der Waals surface area contributed by atoms with Crippen LogP contribution in [0.2, 0.25) is 0 Å². The fourth-order valence-electron chi connectivity index (χ4n) is 4.43. The van der Waals surface area contributed by atoms with Crippen LogP contribution in [0.15, 0.2) is 82.5 Å². The number of halogens is 6. The van der Waals surface area contributed by atoms with Crippen molar-refractivity contribution in [1.82, 2.24) is 19.1 Å². The Hall–Kier alpha value is -4.73. The van der Waals surface area contributed by atoms with Gasteiger partial charge in [0.05, 0.1) is 22.7 Å². The highest BCUT2D eigenvalue weighted by Crippen LogP contribution is 2.33. The maximum absolute atomic E-state index is 13.7. The minimum Gasteiger partial charge on any atom is -0.278 e. The zero-order chi connectivity index (χ0) is 33.2. The maximum atomic E-state index is 13.7. The summed E-state index contributed by atoms with van der Waals surface area (Å²) in [5, 5.41) is 4.21. The number of alkyl halides is 6. The van der Waals surface area contributed by atoms with Crippen molar-refractivity contribution in [2.45, 2.75) is 50.0 Å². The highest BCUT2D eigenvalue weighted by molar-refractivity contribution is 7.90. The number of nitrogens with one attached hydrogen (secondary N) is 1. The Labute approximate surface area is 252 Å². The molecule has 238 valence electrons.